The van der Waals surface area contributed by atoms with Crippen molar-refractivity contribution in [2.75, 3.05) is 7.11 Å². The first-order valence-electron chi connectivity index (χ1n) is 4.35. The average molecular weight is 269 g/mol. The Bertz CT molecular complexity index is 482. The summed E-state index contributed by atoms with van der Waals surface area (Å²) in [6.07, 6.45) is 0. The van der Waals surface area contributed by atoms with Crippen molar-refractivity contribution in [1.29, 1.82) is 0 Å². The lowest BCUT2D eigenvalue weighted by Crippen LogP contribution is -1.87. The highest BCUT2D eigenvalue weighted by atomic mass is 79.9. The third-order valence-corrected chi connectivity index (χ3v) is 2.38. The molecule has 78 valence electrons. The van der Waals surface area contributed by atoms with E-state index in [0.717, 1.165) is 16.9 Å². The first kappa shape index (κ1) is 10.2. The van der Waals surface area contributed by atoms with Crippen molar-refractivity contribution in [3.05, 3.63) is 28.5 Å². The van der Waals surface area contributed by atoms with Crippen LogP contribution in [-0.2, 0) is 0 Å². The maximum Gasteiger partial charge on any atom is 0.258 e. The molecule has 1 aromatic carbocycles. The Morgan fingerprint density at radius 2 is 2.20 bits per heavy atom. The highest BCUT2D eigenvalue weighted by molar-refractivity contribution is 9.10. The Balaban J connectivity index is 2.45. The van der Waals surface area contributed by atoms with Crippen molar-refractivity contribution in [3.8, 4) is 17.2 Å². The minimum absolute atomic E-state index is 0.442. The summed E-state index contributed by atoms with van der Waals surface area (Å²) in [4.78, 5) is 4.07. The van der Waals surface area contributed by atoms with Crippen molar-refractivity contribution in [2.24, 2.45) is 0 Å². The molecule has 0 aliphatic heterocycles. The van der Waals surface area contributed by atoms with E-state index in [9.17, 15) is 0 Å². The molecular formula is C10H9BrN2O2. The van der Waals surface area contributed by atoms with Crippen LogP contribution in [0.15, 0.2) is 27.5 Å². The minimum atomic E-state index is 0.442. The molecule has 0 unspecified atom stereocenters. The number of halogens is 1. The quantitative estimate of drug-likeness (QED) is 0.841. The summed E-state index contributed by atoms with van der Waals surface area (Å²) < 4.78 is 10.7. The van der Waals surface area contributed by atoms with E-state index < -0.39 is 0 Å². The van der Waals surface area contributed by atoms with Gasteiger partial charge < -0.3 is 9.26 Å². The summed E-state index contributed by atoms with van der Waals surface area (Å²) in [6, 6.07) is 5.74. The maximum absolute atomic E-state index is 5.21. The fourth-order valence-corrected chi connectivity index (χ4v) is 1.51. The molecule has 2 aromatic rings. The number of benzene rings is 1. The van der Waals surface area contributed by atoms with Crippen LogP contribution in [0.2, 0.25) is 0 Å². The predicted octanol–water partition coefficient (Wildman–Crippen LogP) is 2.82. The second-order valence-electron chi connectivity index (χ2n) is 3.05. The van der Waals surface area contributed by atoms with E-state index in [4.69, 9.17) is 9.26 Å². The van der Waals surface area contributed by atoms with E-state index in [-0.39, 0.29) is 0 Å². The van der Waals surface area contributed by atoms with Crippen LogP contribution < -0.4 is 4.74 Å². The fraction of sp³-hybridized carbons (Fsp3) is 0.200. The molecule has 15 heavy (non-hydrogen) atoms. The number of methoxy groups -OCH3 is 1. The Labute approximate surface area is 95.4 Å². The van der Waals surface area contributed by atoms with E-state index in [1.165, 1.54) is 0 Å². The number of hydrogen-bond acceptors (Lipinski definition) is 4. The summed E-state index contributed by atoms with van der Waals surface area (Å²) in [5, 5.41) is 3.66. The summed E-state index contributed by atoms with van der Waals surface area (Å²) in [5.74, 6) is 1.28. The molecular weight excluding hydrogens is 260 g/mol. The second-order valence-corrected chi connectivity index (χ2v) is 3.76. The summed E-state index contributed by atoms with van der Waals surface area (Å²) in [7, 11) is 1.63. The molecule has 0 bridgehead atoms. The van der Waals surface area contributed by atoms with Crippen molar-refractivity contribution >= 4 is 15.9 Å². The van der Waals surface area contributed by atoms with Crippen molar-refractivity contribution < 1.29 is 9.26 Å². The molecule has 2 rings (SSSR count). The SMILES string of the molecule is COc1cc(-c2nc(Br)no2)ccc1C. The molecule has 1 aromatic heterocycles. The van der Waals surface area contributed by atoms with Gasteiger partial charge in [0.1, 0.15) is 5.75 Å². The number of aromatic nitrogens is 2. The van der Waals surface area contributed by atoms with Crippen LogP contribution in [-0.4, -0.2) is 17.3 Å². The zero-order valence-corrected chi connectivity index (χ0v) is 9.91. The highest BCUT2D eigenvalue weighted by Gasteiger charge is 2.08. The third-order valence-electron chi connectivity index (χ3n) is 2.06. The fourth-order valence-electron chi connectivity index (χ4n) is 1.28. The zero-order valence-electron chi connectivity index (χ0n) is 8.32. The number of hydrogen-bond donors (Lipinski definition) is 0. The Morgan fingerprint density at radius 1 is 1.40 bits per heavy atom. The second kappa shape index (κ2) is 4.02. The average Bonchev–Trinajstić information content (AvgIpc) is 2.66. The van der Waals surface area contributed by atoms with Gasteiger partial charge in [-0.25, -0.2) is 0 Å². The Hall–Kier alpha value is -1.36. The molecule has 0 aliphatic carbocycles. The van der Waals surface area contributed by atoms with E-state index in [1.54, 1.807) is 7.11 Å². The predicted molar refractivity (Wildman–Crippen MR) is 58.7 cm³/mol. The standard InChI is InChI=1S/C10H9BrN2O2/c1-6-3-4-7(5-8(6)14-2)9-12-10(11)13-15-9/h3-5H,1-2H3. The van der Waals surface area contributed by atoms with Crippen LogP contribution in [0.1, 0.15) is 5.56 Å². The third kappa shape index (κ3) is 2.02. The van der Waals surface area contributed by atoms with Gasteiger partial charge in [0.25, 0.3) is 5.89 Å². The Kier molecular flexibility index (Phi) is 2.73. The number of rotatable bonds is 2. The van der Waals surface area contributed by atoms with Gasteiger partial charge in [0.15, 0.2) is 0 Å². The number of aryl methyl sites for hydroxylation is 1. The van der Waals surface area contributed by atoms with Crippen molar-refractivity contribution in [1.82, 2.24) is 10.1 Å². The van der Waals surface area contributed by atoms with Gasteiger partial charge in [0.2, 0.25) is 4.73 Å². The molecule has 0 atom stereocenters. The molecule has 5 heteroatoms. The smallest absolute Gasteiger partial charge is 0.258 e. The normalized spacial score (nSPS) is 10.3. The van der Waals surface area contributed by atoms with E-state index >= 15 is 0 Å². The largest absolute Gasteiger partial charge is 0.496 e. The van der Waals surface area contributed by atoms with Gasteiger partial charge >= 0.3 is 0 Å². The topological polar surface area (TPSA) is 48.2 Å². The molecule has 0 saturated heterocycles. The summed E-state index contributed by atoms with van der Waals surface area (Å²) in [5.41, 5.74) is 1.91. The van der Waals surface area contributed by atoms with Gasteiger partial charge in [-0.15, -0.1) is 0 Å². The van der Waals surface area contributed by atoms with Crippen LogP contribution in [0.5, 0.6) is 5.75 Å². The molecule has 0 N–H and O–H groups in total. The van der Waals surface area contributed by atoms with Crippen LogP contribution in [0.25, 0.3) is 11.5 Å². The van der Waals surface area contributed by atoms with Crippen molar-refractivity contribution in [3.63, 3.8) is 0 Å². The number of ether oxygens (including phenoxy) is 1. The van der Waals surface area contributed by atoms with Crippen LogP contribution in [0, 0.1) is 6.92 Å². The van der Waals surface area contributed by atoms with E-state index in [1.807, 2.05) is 25.1 Å². The molecule has 0 fully saturated rings. The van der Waals surface area contributed by atoms with Crippen LogP contribution in [0.3, 0.4) is 0 Å². The maximum atomic E-state index is 5.21. The van der Waals surface area contributed by atoms with Gasteiger partial charge in [-0.3, -0.25) is 0 Å². The Morgan fingerprint density at radius 3 is 2.80 bits per heavy atom. The van der Waals surface area contributed by atoms with Gasteiger partial charge in [0.05, 0.1) is 7.11 Å². The molecule has 0 spiro atoms. The number of nitrogens with zero attached hydrogens (tertiary/aromatic N) is 2. The van der Waals surface area contributed by atoms with Gasteiger partial charge in [-0.2, -0.15) is 4.98 Å². The zero-order chi connectivity index (χ0) is 10.8. The highest BCUT2D eigenvalue weighted by Crippen LogP contribution is 2.26. The van der Waals surface area contributed by atoms with Gasteiger partial charge in [-0.1, -0.05) is 6.07 Å². The summed E-state index contributed by atoms with van der Waals surface area (Å²) in [6.45, 7) is 1.98. The lowest BCUT2D eigenvalue weighted by atomic mass is 10.1. The molecule has 4 nitrogen and oxygen atoms in total. The van der Waals surface area contributed by atoms with Gasteiger partial charge in [0, 0.05) is 5.56 Å². The molecule has 0 saturated carbocycles. The van der Waals surface area contributed by atoms with Crippen molar-refractivity contribution in [2.45, 2.75) is 6.92 Å². The molecule has 0 amide bonds. The first-order chi connectivity index (χ1) is 7.20. The molecule has 0 radical (unpaired) electrons. The lowest BCUT2D eigenvalue weighted by molar-refractivity contribution is 0.410. The monoisotopic (exact) mass is 268 g/mol. The van der Waals surface area contributed by atoms with E-state index in [0.29, 0.717) is 10.6 Å². The summed E-state index contributed by atoms with van der Waals surface area (Å²) >= 11 is 3.13. The first-order valence-corrected chi connectivity index (χ1v) is 5.14. The molecule has 1 heterocycles. The van der Waals surface area contributed by atoms with E-state index in [2.05, 4.69) is 26.1 Å². The lowest BCUT2D eigenvalue weighted by Gasteiger charge is -2.04. The van der Waals surface area contributed by atoms with Crippen LogP contribution in [0.4, 0.5) is 0 Å². The molecule has 0 aliphatic rings. The van der Waals surface area contributed by atoms with Crippen LogP contribution >= 0.6 is 15.9 Å². The van der Waals surface area contributed by atoms with Gasteiger partial charge in [-0.05, 0) is 45.7 Å². The minimum Gasteiger partial charge on any atom is -0.496 e.